The van der Waals surface area contributed by atoms with E-state index in [1.165, 1.54) is 5.69 Å². The fourth-order valence-corrected chi connectivity index (χ4v) is 4.43. The van der Waals surface area contributed by atoms with Crippen LogP contribution in [-0.2, 0) is 11.5 Å². The summed E-state index contributed by atoms with van der Waals surface area (Å²) in [6.45, 7) is 14.5. The Kier molecular flexibility index (Phi) is 5.86. The number of aromatic nitrogens is 3. The Hall–Kier alpha value is -1.86. The lowest BCUT2D eigenvalue weighted by molar-refractivity contribution is 0.205. The lowest BCUT2D eigenvalue weighted by Gasteiger charge is -2.39. The van der Waals surface area contributed by atoms with Crippen molar-refractivity contribution in [1.82, 2.24) is 14.8 Å². The number of H-pyrrole nitrogens is 1. The van der Waals surface area contributed by atoms with Crippen molar-refractivity contribution in [3.63, 3.8) is 0 Å². The molecule has 1 fully saturated rings. The van der Waals surface area contributed by atoms with E-state index < -0.39 is 8.32 Å². The van der Waals surface area contributed by atoms with Crippen LogP contribution in [0.15, 0.2) is 29.1 Å². The molecule has 6 nitrogen and oxygen atoms in total. The molecule has 1 aliphatic rings. The lowest BCUT2D eigenvalue weighted by Crippen LogP contribution is -2.43. The largest absolute Gasteiger partial charge is 0.417 e. The molecule has 1 aromatic carbocycles. The molecule has 0 unspecified atom stereocenters. The Balaban J connectivity index is 1.60. The summed E-state index contributed by atoms with van der Waals surface area (Å²) in [4.78, 5) is 14.1. The summed E-state index contributed by atoms with van der Waals surface area (Å²) in [5.41, 5.74) is 1.96. The van der Waals surface area contributed by atoms with Crippen LogP contribution in [0.1, 0.15) is 33.6 Å². The maximum absolute atomic E-state index is 11.7. The zero-order valence-corrected chi connectivity index (χ0v) is 19.1. The van der Waals surface area contributed by atoms with Gasteiger partial charge >= 0.3 is 5.69 Å². The molecule has 1 saturated heterocycles. The Bertz CT molecular complexity index is 858. The standard InChI is InChI=1S/C21H34N4O2Si/c1-21(2,3)28(5,6)27-15-16-10-12-25(13-11-16)18-9-7-8-17(14-18)19-22-23-20(26)24(19)4/h7-9,14,16H,10-13,15H2,1-6H3,(H,23,26). The van der Waals surface area contributed by atoms with Crippen LogP contribution in [0.3, 0.4) is 0 Å². The first-order valence-corrected chi connectivity index (χ1v) is 13.1. The first kappa shape index (κ1) is 20.9. The van der Waals surface area contributed by atoms with Gasteiger partial charge < -0.3 is 9.33 Å². The maximum Gasteiger partial charge on any atom is 0.343 e. The molecule has 0 bridgehead atoms. The number of nitrogens with one attached hydrogen (secondary N) is 1. The minimum Gasteiger partial charge on any atom is -0.417 e. The highest BCUT2D eigenvalue weighted by Gasteiger charge is 2.37. The van der Waals surface area contributed by atoms with Crippen molar-refractivity contribution >= 4 is 14.0 Å². The van der Waals surface area contributed by atoms with E-state index in [9.17, 15) is 4.79 Å². The SMILES string of the molecule is Cn1c(-c2cccc(N3CCC(CO[Si](C)(C)C(C)(C)C)CC3)c2)n[nH]c1=O. The fourth-order valence-electron chi connectivity index (χ4n) is 3.35. The Morgan fingerprint density at radius 3 is 2.50 bits per heavy atom. The summed E-state index contributed by atoms with van der Waals surface area (Å²) < 4.78 is 7.99. The molecular weight excluding hydrogens is 368 g/mol. The van der Waals surface area contributed by atoms with Crippen molar-refractivity contribution in [2.24, 2.45) is 13.0 Å². The maximum atomic E-state index is 11.7. The molecule has 0 aliphatic carbocycles. The number of rotatable bonds is 5. The van der Waals surface area contributed by atoms with E-state index in [4.69, 9.17) is 4.43 Å². The summed E-state index contributed by atoms with van der Waals surface area (Å²) in [5.74, 6) is 1.31. The minimum absolute atomic E-state index is 0.192. The summed E-state index contributed by atoms with van der Waals surface area (Å²) >= 11 is 0. The van der Waals surface area contributed by atoms with Crippen LogP contribution in [0.25, 0.3) is 11.4 Å². The fraction of sp³-hybridized carbons (Fsp3) is 0.619. The molecular formula is C21H34N4O2Si. The van der Waals surface area contributed by atoms with Gasteiger partial charge in [0.25, 0.3) is 0 Å². The van der Waals surface area contributed by atoms with Crippen molar-refractivity contribution < 1.29 is 4.43 Å². The van der Waals surface area contributed by atoms with Gasteiger partial charge in [-0.2, -0.15) is 5.10 Å². The number of anilines is 1. The molecule has 0 atom stereocenters. The molecule has 3 rings (SSSR count). The van der Waals surface area contributed by atoms with E-state index in [2.05, 4.69) is 61.1 Å². The van der Waals surface area contributed by atoms with Crippen LogP contribution in [0.5, 0.6) is 0 Å². The van der Waals surface area contributed by atoms with Gasteiger partial charge in [-0.1, -0.05) is 32.9 Å². The van der Waals surface area contributed by atoms with E-state index in [1.54, 1.807) is 11.6 Å². The van der Waals surface area contributed by atoms with Gasteiger partial charge in [0, 0.05) is 38.0 Å². The molecule has 28 heavy (non-hydrogen) atoms. The van der Waals surface area contributed by atoms with E-state index in [1.807, 2.05) is 12.1 Å². The molecule has 0 radical (unpaired) electrons. The predicted molar refractivity (Wildman–Crippen MR) is 117 cm³/mol. The van der Waals surface area contributed by atoms with E-state index in [0.717, 1.165) is 38.1 Å². The van der Waals surface area contributed by atoms with E-state index >= 15 is 0 Å². The van der Waals surface area contributed by atoms with E-state index in [0.29, 0.717) is 11.7 Å². The number of benzene rings is 1. The highest BCUT2D eigenvalue weighted by atomic mass is 28.4. The van der Waals surface area contributed by atoms with Crippen molar-refractivity contribution in [1.29, 1.82) is 0 Å². The van der Waals surface area contributed by atoms with Crippen molar-refractivity contribution in [3.05, 3.63) is 34.7 Å². The third-order valence-corrected chi connectivity index (χ3v) is 11.0. The van der Waals surface area contributed by atoms with Crippen LogP contribution in [0, 0.1) is 5.92 Å². The van der Waals surface area contributed by atoms with Crippen LogP contribution < -0.4 is 10.6 Å². The molecule has 1 N–H and O–H groups in total. The van der Waals surface area contributed by atoms with Gasteiger partial charge in [0.1, 0.15) is 0 Å². The topological polar surface area (TPSA) is 63.1 Å². The predicted octanol–water partition coefficient (Wildman–Crippen LogP) is 4.01. The third-order valence-electron chi connectivity index (χ3n) is 6.45. The van der Waals surface area contributed by atoms with Gasteiger partial charge in [-0.25, -0.2) is 9.89 Å². The zero-order chi connectivity index (χ0) is 20.5. The quantitative estimate of drug-likeness (QED) is 0.768. The lowest BCUT2D eigenvalue weighted by atomic mass is 9.97. The van der Waals surface area contributed by atoms with Crippen LogP contribution in [-0.4, -0.2) is 42.8 Å². The van der Waals surface area contributed by atoms with Gasteiger partial charge in [0.05, 0.1) is 0 Å². The second kappa shape index (κ2) is 7.87. The molecule has 1 aromatic heterocycles. The number of hydrogen-bond donors (Lipinski definition) is 1. The highest BCUT2D eigenvalue weighted by Crippen LogP contribution is 2.37. The summed E-state index contributed by atoms with van der Waals surface area (Å²) in [5, 5.41) is 6.92. The Morgan fingerprint density at radius 2 is 1.93 bits per heavy atom. The van der Waals surface area contributed by atoms with Crippen LogP contribution in [0.2, 0.25) is 18.1 Å². The van der Waals surface area contributed by atoms with E-state index in [-0.39, 0.29) is 10.7 Å². The monoisotopic (exact) mass is 402 g/mol. The van der Waals surface area contributed by atoms with Crippen LogP contribution in [0.4, 0.5) is 5.69 Å². The highest BCUT2D eigenvalue weighted by molar-refractivity contribution is 6.74. The third kappa shape index (κ3) is 4.41. The molecule has 0 saturated carbocycles. The number of hydrogen-bond acceptors (Lipinski definition) is 4. The molecule has 2 heterocycles. The Labute approximate surface area is 169 Å². The first-order chi connectivity index (χ1) is 13.1. The molecule has 7 heteroatoms. The van der Waals surface area contributed by atoms with Gasteiger partial charge in [0.2, 0.25) is 0 Å². The second-order valence-corrected chi connectivity index (χ2v) is 14.3. The molecule has 154 valence electrons. The normalized spacial score (nSPS) is 16.6. The zero-order valence-electron chi connectivity index (χ0n) is 18.1. The summed E-state index contributed by atoms with van der Waals surface area (Å²) in [6.07, 6.45) is 2.31. The van der Waals surface area contributed by atoms with Gasteiger partial charge in [-0.05, 0) is 49.0 Å². The van der Waals surface area contributed by atoms with Gasteiger partial charge in [-0.3, -0.25) is 4.57 Å². The molecule has 1 aliphatic heterocycles. The van der Waals surface area contributed by atoms with Crippen LogP contribution >= 0.6 is 0 Å². The average Bonchev–Trinajstić information content (AvgIpc) is 2.99. The molecule has 0 amide bonds. The Morgan fingerprint density at radius 1 is 1.25 bits per heavy atom. The summed E-state index contributed by atoms with van der Waals surface area (Å²) in [7, 11) is 0.0683. The van der Waals surface area contributed by atoms with Crippen molar-refractivity contribution in [2.45, 2.75) is 51.7 Å². The number of aromatic amines is 1. The van der Waals surface area contributed by atoms with Gasteiger partial charge in [-0.15, -0.1) is 0 Å². The number of nitrogens with zero attached hydrogens (tertiary/aromatic N) is 3. The summed E-state index contributed by atoms with van der Waals surface area (Å²) in [6, 6.07) is 8.30. The van der Waals surface area contributed by atoms with Gasteiger partial charge in [0.15, 0.2) is 14.1 Å². The molecule has 0 spiro atoms. The smallest absolute Gasteiger partial charge is 0.343 e. The minimum atomic E-state index is -1.67. The average molecular weight is 403 g/mol. The van der Waals surface area contributed by atoms with Crippen molar-refractivity contribution in [2.75, 3.05) is 24.6 Å². The first-order valence-electron chi connectivity index (χ1n) is 10.2. The number of piperidine rings is 1. The van der Waals surface area contributed by atoms with Crippen molar-refractivity contribution in [3.8, 4) is 11.4 Å². The molecule has 2 aromatic rings. The second-order valence-electron chi connectivity index (χ2n) is 9.46.